The molecule has 0 radical (unpaired) electrons. The third kappa shape index (κ3) is 3.79. The first kappa shape index (κ1) is 17.8. The Morgan fingerprint density at radius 3 is 2.69 bits per heavy atom. The topological polar surface area (TPSA) is 98.7 Å². The smallest absolute Gasteiger partial charge is 0.259 e. The number of aryl methyl sites for hydroxylation is 1. The van der Waals surface area contributed by atoms with Crippen LogP contribution in [-0.2, 0) is 0 Å². The largest absolute Gasteiger partial charge is 0.352 e. The SMILES string of the molecule is Cc1noc(-c2ccc(-n3ncc(C(=O)NCCC(C)C)c3C)nc2)n1. The lowest BCUT2D eigenvalue weighted by molar-refractivity contribution is 0.0951. The van der Waals surface area contributed by atoms with Crippen LogP contribution in [0.4, 0.5) is 0 Å². The van der Waals surface area contributed by atoms with E-state index in [4.69, 9.17) is 4.52 Å². The van der Waals surface area contributed by atoms with Crippen molar-refractivity contribution in [3.05, 3.63) is 41.6 Å². The molecule has 0 atom stereocenters. The number of aromatic nitrogens is 5. The Bertz CT molecular complexity index is 895. The Kier molecular flexibility index (Phi) is 5.11. The summed E-state index contributed by atoms with van der Waals surface area (Å²) in [5.41, 5.74) is 2.01. The Morgan fingerprint density at radius 1 is 1.27 bits per heavy atom. The van der Waals surface area contributed by atoms with Gasteiger partial charge in [-0.3, -0.25) is 4.79 Å². The van der Waals surface area contributed by atoms with Crippen LogP contribution >= 0.6 is 0 Å². The predicted molar refractivity (Wildman–Crippen MR) is 95.9 cm³/mol. The fourth-order valence-electron chi connectivity index (χ4n) is 2.49. The van der Waals surface area contributed by atoms with Crippen molar-refractivity contribution < 1.29 is 9.32 Å². The Balaban J connectivity index is 1.76. The van der Waals surface area contributed by atoms with Gasteiger partial charge in [0.2, 0.25) is 0 Å². The molecule has 3 rings (SSSR count). The molecule has 8 nitrogen and oxygen atoms in total. The maximum Gasteiger partial charge on any atom is 0.259 e. The molecular weight excluding hydrogens is 332 g/mol. The molecule has 3 aromatic heterocycles. The van der Waals surface area contributed by atoms with Gasteiger partial charge in [-0.2, -0.15) is 10.1 Å². The molecule has 0 spiro atoms. The third-order valence-corrected chi connectivity index (χ3v) is 4.00. The number of carbonyl (C=O) groups excluding carboxylic acids is 1. The second-order valence-electron chi connectivity index (χ2n) is 6.55. The van der Waals surface area contributed by atoms with Gasteiger partial charge in [-0.05, 0) is 38.3 Å². The second kappa shape index (κ2) is 7.47. The number of pyridine rings is 1. The number of hydrogen-bond donors (Lipinski definition) is 1. The highest BCUT2D eigenvalue weighted by Crippen LogP contribution is 2.18. The molecule has 1 N–H and O–H groups in total. The summed E-state index contributed by atoms with van der Waals surface area (Å²) in [6.07, 6.45) is 4.15. The van der Waals surface area contributed by atoms with Crippen molar-refractivity contribution in [2.24, 2.45) is 5.92 Å². The first-order valence-electron chi connectivity index (χ1n) is 8.55. The van der Waals surface area contributed by atoms with Crippen LogP contribution in [0, 0.1) is 19.8 Å². The molecule has 0 bridgehead atoms. The quantitative estimate of drug-likeness (QED) is 0.731. The molecule has 3 aromatic rings. The number of nitrogens with zero attached hydrogens (tertiary/aromatic N) is 5. The molecule has 0 aliphatic rings. The van der Waals surface area contributed by atoms with Gasteiger partial charge < -0.3 is 9.84 Å². The summed E-state index contributed by atoms with van der Waals surface area (Å²) in [6, 6.07) is 3.63. The van der Waals surface area contributed by atoms with Crippen molar-refractivity contribution >= 4 is 5.91 Å². The van der Waals surface area contributed by atoms with Crippen LogP contribution < -0.4 is 5.32 Å². The zero-order valence-electron chi connectivity index (χ0n) is 15.4. The van der Waals surface area contributed by atoms with Gasteiger partial charge in [0.1, 0.15) is 0 Å². The fourth-order valence-corrected chi connectivity index (χ4v) is 2.49. The van der Waals surface area contributed by atoms with Crippen LogP contribution in [0.1, 0.15) is 42.1 Å². The first-order valence-corrected chi connectivity index (χ1v) is 8.55. The van der Waals surface area contributed by atoms with E-state index in [1.165, 1.54) is 0 Å². The molecule has 0 aliphatic carbocycles. The molecule has 136 valence electrons. The zero-order chi connectivity index (χ0) is 18.7. The average Bonchev–Trinajstić information content (AvgIpc) is 3.20. The molecule has 0 aliphatic heterocycles. The molecule has 0 aromatic carbocycles. The van der Waals surface area contributed by atoms with Gasteiger partial charge in [0.15, 0.2) is 11.6 Å². The number of hydrogen-bond acceptors (Lipinski definition) is 6. The maximum absolute atomic E-state index is 12.3. The Morgan fingerprint density at radius 2 is 2.08 bits per heavy atom. The zero-order valence-corrected chi connectivity index (χ0v) is 15.4. The summed E-state index contributed by atoms with van der Waals surface area (Å²) >= 11 is 0. The molecule has 0 fully saturated rings. The van der Waals surface area contributed by atoms with Crippen LogP contribution in [-0.4, -0.2) is 37.4 Å². The highest BCUT2D eigenvalue weighted by atomic mass is 16.5. The molecule has 8 heteroatoms. The van der Waals surface area contributed by atoms with E-state index < -0.39 is 0 Å². The first-order chi connectivity index (χ1) is 12.5. The Hall–Kier alpha value is -3.03. The molecule has 1 amide bonds. The lowest BCUT2D eigenvalue weighted by Crippen LogP contribution is -2.25. The normalized spacial score (nSPS) is 11.1. The van der Waals surface area contributed by atoms with E-state index in [0.29, 0.717) is 35.6 Å². The summed E-state index contributed by atoms with van der Waals surface area (Å²) in [7, 11) is 0. The van der Waals surface area contributed by atoms with Crippen LogP contribution in [0.3, 0.4) is 0 Å². The minimum absolute atomic E-state index is 0.118. The van der Waals surface area contributed by atoms with E-state index in [0.717, 1.165) is 17.7 Å². The fraction of sp³-hybridized carbons (Fsp3) is 0.389. The monoisotopic (exact) mass is 354 g/mol. The van der Waals surface area contributed by atoms with Crippen molar-refractivity contribution in [2.75, 3.05) is 6.54 Å². The lowest BCUT2D eigenvalue weighted by Gasteiger charge is -2.07. The number of rotatable bonds is 6. The minimum Gasteiger partial charge on any atom is -0.352 e. The van der Waals surface area contributed by atoms with Crippen LogP contribution in [0.2, 0.25) is 0 Å². The van der Waals surface area contributed by atoms with Gasteiger partial charge in [0.05, 0.1) is 23.0 Å². The van der Waals surface area contributed by atoms with Gasteiger partial charge in [0.25, 0.3) is 11.8 Å². The standard InChI is InChI=1S/C18H22N6O2/c1-11(2)7-8-19-17(25)15-10-21-24(12(15)3)16-6-5-14(9-20-16)18-22-13(4)23-26-18/h5-6,9-11H,7-8H2,1-4H3,(H,19,25). The van der Waals surface area contributed by atoms with Crippen LogP contribution in [0.5, 0.6) is 0 Å². The van der Waals surface area contributed by atoms with Gasteiger partial charge in [0, 0.05) is 12.7 Å². The highest BCUT2D eigenvalue weighted by molar-refractivity contribution is 5.95. The van der Waals surface area contributed by atoms with Crippen LogP contribution in [0.25, 0.3) is 17.3 Å². The summed E-state index contributed by atoms with van der Waals surface area (Å²) in [5.74, 6) is 2.03. The highest BCUT2D eigenvalue weighted by Gasteiger charge is 2.16. The van der Waals surface area contributed by atoms with Gasteiger partial charge >= 0.3 is 0 Å². The van der Waals surface area contributed by atoms with E-state index in [1.54, 1.807) is 30.1 Å². The van der Waals surface area contributed by atoms with Gasteiger partial charge in [-0.15, -0.1) is 0 Å². The summed E-state index contributed by atoms with van der Waals surface area (Å²) in [4.78, 5) is 20.9. The maximum atomic E-state index is 12.3. The van der Waals surface area contributed by atoms with E-state index in [2.05, 4.69) is 39.4 Å². The van der Waals surface area contributed by atoms with Crippen LogP contribution in [0.15, 0.2) is 29.0 Å². The summed E-state index contributed by atoms with van der Waals surface area (Å²) < 4.78 is 6.77. The van der Waals surface area contributed by atoms with E-state index >= 15 is 0 Å². The van der Waals surface area contributed by atoms with Crippen molar-refractivity contribution in [2.45, 2.75) is 34.1 Å². The van der Waals surface area contributed by atoms with Crippen molar-refractivity contribution in [1.29, 1.82) is 0 Å². The summed E-state index contributed by atoms with van der Waals surface area (Å²) in [6.45, 7) is 8.51. The van der Waals surface area contributed by atoms with Crippen molar-refractivity contribution in [3.63, 3.8) is 0 Å². The number of nitrogens with one attached hydrogen (secondary N) is 1. The molecule has 3 heterocycles. The predicted octanol–water partition coefficient (Wildman–Crippen LogP) is 2.71. The second-order valence-corrected chi connectivity index (χ2v) is 6.55. The van der Waals surface area contributed by atoms with Gasteiger partial charge in [-0.25, -0.2) is 9.67 Å². The number of carbonyl (C=O) groups is 1. The van der Waals surface area contributed by atoms with Crippen molar-refractivity contribution in [1.82, 2.24) is 30.2 Å². The summed E-state index contributed by atoms with van der Waals surface area (Å²) in [5, 5.41) is 11.0. The van der Waals surface area contributed by atoms with Crippen molar-refractivity contribution in [3.8, 4) is 17.3 Å². The van der Waals surface area contributed by atoms with E-state index in [-0.39, 0.29) is 5.91 Å². The third-order valence-electron chi connectivity index (χ3n) is 4.00. The molecular formula is C18H22N6O2. The number of amides is 1. The molecule has 0 saturated heterocycles. The van der Waals surface area contributed by atoms with E-state index in [1.807, 2.05) is 13.0 Å². The van der Waals surface area contributed by atoms with Gasteiger partial charge in [-0.1, -0.05) is 19.0 Å². The Labute approximate surface area is 151 Å². The lowest BCUT2D eigenvalue weighted by atomic mass is 10.1. The average molecular weight is 354 g/mol. The van der Waals surface area contributed by atoms with E-state index in [9.17, 15) is 4.79 Å². The molecule has 26 heavy (non-hydrogen) atoms. The minimum atomic E-state index is -0.118. The molecule has 0 saturated carbocycles. The molecule has 0 unspecified atom stereocenters.